The second kappa shape index (κ2) is 5.65. The van der Waals surface area contributed by atoms with E-state index in [4.69, 9.17) is 5.73 Å². The number of aromatic nitrogens is 2. The monoisotopic (exact) mass is 236 g/mol. The molecule has 0 spiro atoms. The van der Waals surface area contributed by atoms with Crippen molar-refractivity contribution >= 4 is 0 Å². The molecule has 0 aliphatic carbocycles. The zero-order valence-electron chi connectivity index (χ0n) is 11.0. The number of nitrogens with zero attached hydrogens (tertiary/aromatic N) is 3. The van der Waals surface area contributed by atoms with Crippen LogP contribution in [0.25, 0.3) is 0 Å². The molecule has 1 aromatic heterocycles. The normalized spacial score (nSPS) is 26.3. The molecule has 0 radical (unpaired) electrons. The van der Waals surface area contributed by atoms with Gasteiger partial charge in [0.05, 0.1) is 12.0 Å². The zero-order chi connectivity index (χ0) is 12.3. The maximum Gasteiger partial charge on any atom is 0.0948 e. The van der Waals surface area contributed by atoms with Crippen molar-refractivity contribution in [2.24, 2.45) is 5.73 Å². The van der Waals surface area contributed by atoms with E-state index in [2.05, 4.69) is 28.3 Å². The summed E-state index contributed by atoms with van der Waals surface area (Å²) in [5, 5.41) is 0. The maximum absolute atomic E-state index is 5.89. The SMILES string of the molecule is CCn1cncc1CN1C(C)CCCC1CN. The molecule has 0 aromatic carbocycles. The molecule has 4 heteroatoms. The molecule has 2 unspecified atom stereocenters. The highest BCUT2D eigenvalue weighted by Gasteiger charge is 2.27. The lowest BCUT2D eigenvalue weighted by Gasteiger charge is -2.40. The summed E-state index contributed by atoms with van der Waals surface area (Å²) < 4.78 is 2.22. The van der Waals surface area contributed by atoms with Crippen molar-refractivity contribution in [1.82, 2.24) is 14.5 Å². The maximum atomic E-state index is 5.89. The van der Waals surface area contributed by atoms with Crippen molar-refractivity contribution in [3.05, 3.63) is 18.2 Å². The van der Waals surface area contributed by atoms with E-state index in [-0.39, 0.29) is 0 Å². The summed E-state index contributed by atoms with van der Waals surface area (Å²) in [7, 11) is 0. The van der Waals surface area contributed by atoms with Gasteiger partial charge in [-0.05, 0) is 26.7 Å². The van der Waals surface area contributed by atoms with Gasteiger partial charge in [0.2, 0.25) is 0 Å². The topological polar surface area (TPSA) is 47.1 Å². The predicted molar refractivity (Wildman–Crippen MR) is 69.6 cm³/mol. The van der Waals surface area contributed by atoms with E-state index in [0.29, 0.717) is 12.1 Å². The highest BCUT2D eigenvalue weighted by Crippen LogP contribution is 2.24. The van der Waals surface area contributed by atoms with Gasteiger partial charge in [0.15, 0.2) is 0 Å². The first-order valence-electron chi connectivity index (χ1n) is 6.71. The molecule has 2 rings (SSSR count). The number of hydrogen-bond acceptors (Lipinski definition) is 3. The number of nitrogens with two attached hydrogens (primary N) is 1. The van der Waals surface area contributed by atoms with Gasteiger partial charge in [-0.3, -0.25) is 4.90 Å². The first-order valence-corrected chi connectivity index (χ1v) is 6.71. The van der Waals surface area contributed by atoms with Crippen molar-refractivity contribution in [1.29, 1.82) is 0 Å². The third kappa shape index (κ3) is 2.69. The van der Waals surface area contributed by atoms with Gasteiger partial charge in [0.1, 0.15) is 0 Å². The third-order valence-electron chi connectivity index (χ3n) is 3.95. The van der Waals surface area contributed by atoms with Crippen molar-refractivity contribution in [2.75, 3.05) is 6.54 Å². The highest BCUT2D eigenvalue weighted by atomic mass is 15.2. The summed E-state index contributed by atoms with van der Waals surface area (Å²) in [6.45, 7) is 7.21. The Morgan fingerprint density at radius 3 is 3.00 bits per heavy atom. The van der Waals surface area contributed by atoms with Gasteiger partial charge >= 0.3 is 0 Å². The number of hydrogen-bond donors (Lipinski definition) is 1. The second-order valence-corrected chi connectivity index (χ2v) is 5.01. The molecule has 1 aliphatic heterocycles. The Bertz CT molecular complexity index is 347. The summed E-state index contributed by atoms with van der Waals surface area (Å²) >= 11 is 0. The molecule has 2 heterocycles. The van der Waals surface area contributed by atoms with Gasteiger partial charge in [0.25, 0.3) is 0 Å². The molecule has 1 aromatic rings. The van der Waals surface area contributed by atoms with E-state index in [1.165, 1.54) is 25.0 Å². The molecular weight excluding hydrogens is 212 g/mol. The molecule has 0 bridgehead atoms. The van der Waals surface area contributed by atoms with Crippen LogP contribution in [0.2, 0.25) is 0 Å². The molecule has 17 heavy (non-hydrogen) atoms. The Labute approximate surface area is 104 Å². The molecule has 1 aliphatic rings. The minimum absolute atomic E-state index is 0.541. The largest absolute Gasteiger partial charge is 0.334 e. The van der Waals surface area contributed by atoms with Crippen LogP contribution in [0.1, 0.15) is 38.8 Å². The lowest BCUT2D eigenvalue weighted by atomic mass is 9.96. The number of aryl methyl sites for hydroxylation is 1. The van der Waals surface area contributed by atoms with Gasteiger partial charge in [-0.2, -0.15) is 0 Å². The molecule has 96 valence electrons. The van der Waals surface area contributed by atoms with Crippen molar-refractivity contribution in [3.63, 3.8) is 0 Å². The van der Waals surface area contributed by atoms with Crippen molar-refractivity contribution in [2.45, 2.75) is 58.3 Å². The summed E-state index contributed by atoms with van der Waals surface area (Å²) in [5.74, 6) is 0. The number of imidazole rings is 1. The Morgan fingerprint density at radius 1 is 1.47 bits per heavy atom. The van der Waals surface area contributed by atoms with E-state index < -0.39 is 0 Å². The third-order valence-corrected chi connectivity index (χ3v) is 3.95. The first-order chi connectivity index (χ1) is 8.26. The minimum atomic E-state index is 0.541. The average Bonchev–Trinajstić information content (AvgIpc) is 2.79. The van der Waals surface area contributed by atoms with Crippen LogP contribution in [0.5, 0.6) is 0 Å². The van der Waals surface area contributed by atoms with Crippen LogP contribution in [0.4, 0.5) is 0 Å². The van der Waals surface area contributed by atoms with E-state index >= 15 is 0 Å². The quantitative estimate of drug-likeness (QED) is 0.864. The minimum Gasteiger partial charge on any atom is -0.334 e. The summed E-state index contributed by atoms with van der Waals surface area (Å²) in [5.41, 5.74) is 7.20. The Morgan fingerprint density at radius 2 is 2.29 bits per heavy atom. The van der Waals surface area contributed by atoms with Crippen LogP contribution in [0.3, 0.4) is 0 Å². The van der Waals surface area contributed by atoms with E-state index in [1.807, 2.05) is 12.5 Å². The summed E-state index contributed by atoms with van der Waals surface area (Å²) in [4.78, 5) is 6.79. The molecule has 0 saturated carbocycles. The first kappa shape index (κ1) is 12.6. The lowest BCUT2D eigenvalue weighted by molar-refractivity contribution is 0.0866. The second-order valence-electron chi connectivity index (χ2n) is 5.01. The Kier molecular flexibility index (Phi) is 4.18. The van der Waals surface area contributed by atoms with Crippen molar-refractivity contribution in [3.8, 4) is 0 Å². The van der Waals surface area contributed by atoms with Gasteiger partial charge < -0.3 is 10.3 Å². The molecule has 0 amide bonds. The van der Waals surface area contributed by atoms with Crippen LogP contribution in [-0.2, 0) is 13.1 Å². The van der Waals surface area contributed by atoms with Crippen LogP contribution in [-0.4, -0.2) is 33.1 Å². The standard InChI is InChI=1S/C13H24N4/c1-3-16-10-15-8-13(16)9-17-11(2)5-4-6-12(17)7-14/h8,10-12H,3-7,9,14H2,1-2H3. The zero-order valence-corrected chi connectivity index (χ0v) is 11.0. The summed E-state index contributed by atoms with van der Waals surface area (Å²) in [6.07, 6.45) is 7.74. The van der Waals surface area contributed by atoms with Crippen molar-refractivity contribution < 1.29 is 0 Å². The smallest absolute Gasteiger partial charge is 0.0948 e. The molecule has 2 atom stereocenters. The molecule has 2 N–H and O–H groups in total. The van der Waals surface area contributed by atoms with Gasteiger partial charge in [-0.15, -0.1) is 0 Å². The fourth-order valence-corrected chi connectivity index (χ4v) is 2.83. The van der Waals surface area contributed by atoms with Crippen LogP contribution in [0.15, 0.2) is 12.5 Å². The fourth-order valence-electron chi connectivity index (χ4n) is 2.83. The number of rotatable bonds is 4. The predicted octanol–water partition coefficient (Wildman–Crippen LogP) is 1.60. The van der Waals surface area contributed by atoms with Gasteiger partial charge in [-0.25, -0.2) is 4.98 Å². The molecule has 4 nitrogen and oxygen atoms in total. The Balaban J connectivity index is 2.09. The molecular formula is C13H24N4. The number of likely N-dealkylation sites (tertiary alicyclic amines) is 1. The molecule has 1 fully saturated rings. The van der Waals surface area contributed by atoms with Gasteiger partial charge in [-0.1, -0.05) is 6.42 Å². The van der Waals surface area contributed by atoms with E-state index in [9.17, 15) is 0 Å². The van der Waals surface area contributed by atoms with E-state index in [1.54, 1.807) is 0 Å². The summed E-state index contributed by atoms with van der Waals surface area (Å²) in [6, 6.07) is 1.18. The van der Waals surface area contributed by atoms with Crippen LogP contribution in [0, 0.1) is 0 Å². The van der Waals surface area contributed by atoms with Crippen LogP contribution < -0.4 is 5.73 Å². The molecule has 1 saturated heterocycles. The number of piperidine rings is 1. The lowest BCUT2D eigenvalue weighted by Crippen LogP contribution is -2.48. The highest BCUT2D eigenvalue weighted by molar-refractivity contribution is 5.00. The van der Waals surface area contributed by atoms with Gasteiger partial charge in [0, 0.05) is 37.9 Å². The Hall–Kier alpha value is -0.870. The average molecular weight is 236 g/mol. The fraction of sp³-hybridized carbons (Fsp3) is 0.769. The van der Waals surface area contributed by atoms with E-state index in [0.717, 1.165) is 19.6 Å². The van der Waals surface area contributed by atoms with Crippen LogP contribution >= 0.6 is 0 Å².